The van der Waals surface area contributed by atoms with Crippen LogP contribution in [0.5, 0.6) is 0 Å². The number of hydrogen-bond donors (Lipinski definition) is 0. The van der Waals surface area contributed by atoms with E-state index in [1.807, 2.05) is 11.3 Å². The highest BCUT2D eigenvalue weighted by Crippen LogP contribution is 2.53. The van der Waals surface area contributed by atoms with E-state index in [-0.39, 0.29) is 12.3 Å². The standard InChI is InChI=1S/C52H35BN2S/c1-30-13-4-7-16-35(30)33-26-41-40-25-31-14-5-6-15-32(31)27-45(40)55(34-23-24-37-36-17-8-10-20-42(36)52(2,3)43(37)29-34)53-44-21-12-19-39-48-38-18-9-11-22-47(38)56-51(48)54(50(39)44)46(28-33)49(41)53/h4-29H,1-3H3. The van der Waals surface area contributed by atoms with Gasteiger partial charge in [-0.15, -0.1) is 11.3 Å². The van der Waals surface area contributed by atoms with Crippen LogP contribution in [0.1, 0.15) is 30.5 Å². The van der Waals surface area contributed by atoms with Crippen molar-refractivity contribution in [3.63, 3.8) is 0 Å². The molecule has 0 spiro atoms. The third-order valence-corrected chi connectivity index (χ3v) is 14.4. The van der Waals surface area contributed by atoms with E-state index in [2.05, 4.69) is 188 Å². The monoisotopic (exact) mass is 730 g/mol. The second kappa shape index (κ2) is 10.7. The third-order valence-electron chi connectivity index (χ3n) is 13.3. The van der Waals surface area contributed by atoms with Crippen molar-refractivity contribution < 1.29 is 0 Å². The van der Waals surface area contributed by atoms with Gasteiger partial charge < -0.3 is 9.38 Å². The fourth-order valence-electron chi connectivity index (χ4n) is 10.7. The van der Waals surface area contributed by atoms with E-state index >= 15 is 0 Å². The van der Waals surface area contributed by atoms with Crippen LogP contribution in [0.4, 0.5) is 11.4 Å². The lowest BCUT2D eigenvalue weighted by Gasteiger charge is -2.43. The number of rotatable bonds is 2. The van der Waals surface area contributed by atoms with E-state index in [1.165, 1.54) is 120 Å². The van der Waals surface area contributed by atoms with Crippen LogP contribution in [0.2, 0.25) is 0 Å². The number of benzene rings is 8. The Morgan fingerprint density at radius 3 is 2.16 bits per heavy atom. The van der Waals surface area contributed by atoms with Crippen molar-refractivity contribution in [1.29, 1.82) is 0 Å². The minimum Gasteiger partial charge on any atom is -0.376 e. The fourth-order valence-corrected chi connectivity index (χ4v) is 12.0. The number of nitrogens with zero attached hydrogens (tertiary/aromatic N) is 2. The van der Waals surface area contributed by atoms with Gasteiger partial charge in [0.1, 0.15) is 4.83 Å². The molecule has 0 radical (unpaired) electrons. The number of thiophene rings is 1. The molecular formula is C52H35BN2S. The molecule has 8 aromatic carbocycles. The Labute approximate surface area is 330 Å². The lowest BCUT2D eigenvalue weighted by Crippen LogP contribution is -2.60. The van der Waals surface area contributed by atoms with E-state index < -0.39 is 0 Å². The van der Waals surface area contributed by atoms with Crippen molar-refractivity contribution in [2.75, 3.05) is 4.81 Å². The fraction of sp³-hybridized carbons (Fsp3) is 0.0769. The third kappa shape index (κ3) is 3.82. The van der Waals surface area contributed by atoms with Gasteiger partial charge in [0.15, 0.2) is 0 Å². The average molecular weight is 731 g/mol. The van der Waals surface area contributed by atoms with Gasteiger partial charge in [-0.2, -0.15) is 0 Å². The predicted molar refractivity (Wildman–Crippen MR) is 240 cm³/mol. The molecule has 4 heterocycles. The summed E-state index contributed by atoms with van der Waals surface area (Å²) < 4.78 is 3.97. The van der Waals surface area contributed by atoms with Gasteiger partial charge in [-0.05, 0) is 116 Å². The van der Waals surface area contributed by atoms with Crippen LogP contribution >= 0.6 is 11.3 Å². The maximum absolute atomic E-state index is 2.69. The molecule has 3 aliphatic rings. The first-order valence-electron chi connectivity index (χ1n) is 19.7. The molecule has 0 bridgehead atoms. The van der Waals surface area contributed by atoms with Crippen LogP contribution in [0.3, 0.4) is 0 Å². The van der Waals surface area contributed by atoms with Gasteiger partial charge in [0, 0.05) is 48.9 Å². The number of anilines is 2. The molecule has 0 saturated carbocycles. The largest absolute Gasteiger partial charge is 0.376 e. The van der Waals surface area contributed by atoms with Crippen LogP contribution in [-0.2, 0) is 5.41 Å². The van der Waals surface area contributed by atoms with Crippen molar-refractivity contribution in [3.05, 3.63) is 174 Å². The number of hydrogen-bond acceptors (Lipinski definition) is 2. The van der Waals surface area contributed by atoms with E-state index in [9.17, 15) is 0 Å². The van der Waals surface area contributed by atoms with E-state index in [1.54, 1.807) is 0 Å². The zero-order valence-corrected chi connectivity index (χ0v) is 32.2. The molecular weight excluding hydrogens is 695 g/mol. The summed E-state index contributed by atoms with van der Waals surface area (Å²) in [7, 11) is 0. The van der Waals surface area contributed by atoms with Gasteiger partial charge in [-0.25, -0.2) is 0 Å². The lowest BCUT2D eigenvalue weighted by molar-refractivity contribution is 0.660. The summed E-state index contributed by atoms with van der Waals surface area (Å²) in [6.07, 6.45) is 0. The SMILES string of the molecule is Cc1ccccc1-c1cc2c3c(c1)-n1c4sc5ccccc5c4c4cccc(c41)B3N(c1ccc3c(c1)C(C)(C)c1ccccc1-3)c1cc3ccccc3cc1-2. The molecule has 0 atom stereocenters. The van der Waals surface area contributed by atoms with Gasteiger partial charge in [0.25, 0.3) is 0 Å². The Morgan fingerprint density at radius 1 is 0.554 bits per heavy atom. The zero-order chi connectivity index (χ0) is 37.0. The lowest BCUT2D eigenvalue weighted by atomic mass is 9.44. The molecule has 0 amide bonds. The molecule has 0 fully saturated rings. The topological polar surface area (TPSA) is 8.17 Å². The molecule has 4 heteroatoms. The van der Waals surface area contributed by atoms with Crippen molar-refractivity contribution >= 4 is 82.5 Å². The number of para-hydroxylation sites is 1. The summed E-state index contributed by atoms with van der Waals surface area (Å²) >= 11 is 1.92. The predicted octanol–water partition coefficient (Wildman–Crippen LogP) is 12.7. The van der Waals surface area contributed by atoms with Gasteiger partial charge in [0.2, 0.25) is 0 Å². The number of fused-ring (bicyclic) bond motifs is 13. The molecule has 2 aliphatic heterocycles. The van der Waals surface area contributed by atoms with Gasteiger partial charge >= 0.3 is 6.85 Å². The van der Waals surface area contributed by atoms with Crippen LogP contribution in [0, 0.1) is 6.92 Å². The van der Waals surface area contributed by atoms with Gasteiger partial charge in [-0.1, -0.05) is 129 Å². The smallest absolute Gasteiger partial charge is 0.333 e. The Balaban J connectivity index is 1.19. The average Bonchev–Trinajstić information content (AvgIpc) is 3.84. The van der Waals surface area contributed by atoms with Gasteiger partial charge in [0.05, 0.1) is 5.52 Å². The molecule has 0 N–H and O–H groups in total. The molecule has 10 aromatic rings. The van der Waals surface area contributed by atoms with E-state index in [0.29, 0.717) is 0 Å². The molecule has 1 aliphatic carbocycles. The zero-order valence-electron chi connectivity index (χ0n) is 31.4. The Bertz CT molecular complexity index is 3380. The summed E-state index contributed by atoms with van der Waals surface area (Å²) in [6, 6.07) is 60.0. The molecule has 13 rings (SSSR count). The number of aryl methyl sites for hydroxylation is 1. The normalized spacial score (nSPS) is 14.4. The van der Waals surface area contributed by atoms with Crippen LogP contribution in [0.15, 0.2) is 158 Å². The van der Waals surface area contributed by atoms with Crippen LogP contribution in [0.25, 0.3) is 81.0 Å². The quantitative estimate of drug-likeness (QED) is 0.161. The molecule has 2 aromatic heterocycles. The highest BCUT2D eigenvalue weighted by Gasteiger charge is 2.45. The Morgan fingerprint density at radius 2 is 1.29 bits per heavy atom. The molecule has 2 nitrogen and oxygen atoms in total. The van der Waals surface area contributed by atoms with Crippen molar-refractivity contribution in [2.24, 2.45) is 0 Å². The van der Waals surface area contributed by atoms with Crippen LogP contribution < -0.4 is 15.7 Å². The van der Waals surface area contributed by atoms with Crippen molar-refractivity contribution in [3.8, 4) is 39.1 Å². The summed E-state index contributed by atoms with van der Waals surface area (Å²) in [5, 5.41) is 6.55. The van der Waals surface area contributed by atoms with Crippen molar-refractivity contribution in [1.82, 2.24) is 4.57 Å². The highest BCUT2D eigenvalue weighted by molar-refractivity contribution is 7.26. The first-order valence-corrected chi connectivity index (χ1v) is 20.5. The van der Waals surface area contributed by atoms with E-state index in [0.717, 1.165) is 0 Å². The first-order chi connectivity index (χ1) is 27.5. The number of aromatic nitrogens is 1. The summed E-state index contributed by atoms with van der Waals surface area (Å²) in [6.45, 7) is 7.00. The Hall–Kier alpha value is -6.36. The maximum Gasteiger partial charge on any atom is 0.333 e. The first kappa shape index (κ1) is 30.9. The molecule has 262 valence electrons. The molecule has 0 unspecified atom stereocenters. The minimum atomic E-state index is -0.109. The summed E-state index contributed by atoms with van der Waals surface area (Å²) in [4.78, 5) is 4.02. The summed E-state index contributed by atoms with van der Waals surface area (Å²) in [5.41, 5.74) is 19.7. The summed E-state index contributed by atoms with van der Waals surface area (Å²) in [5.74, 6) is 0. The second-order valence-corrected chi connectivity index (χ2v) is 17.5. The minimum absolute atomic E-state index is 0.0315. The van der Waals surface area contributed by atoms with Crippen LogP contribution in [-0.4, -0.2) is 11.4 Å². The second-order valence-electron chi connectivity index (χ2n) is 16.5. The maximum atomic E-state index is 2.69. The van der Waals surface area contributed by atoms with E-state index in [4.69, 9.17) is 0 Å². The highest BCUT2D eigenvalue weighted by atomic mass is 32.1. The Kier molecular flexibility index (Phi) is 5.90. The van der Waals surface area contributed by atoms with Crippen molar-refractivity contribution in [2.45, 2.75) is 26.2 Å². The molecule has 56 heavy (non-hydrogen) atoms. The molecule has 0 saturated heterocycles. The van der Waals surface area contributed by atoms with Gasteiger partial charge in [-0.3, -0.25) is 0 Å².